The van der Waals surface area contributed by atoms with Gasteiger partial charge in [0.25, 0.3) is 5.91 Å². The molecular weight excluding hydrogens is 325 g/mol. The molecule has 0 aliphatic carbocycles. The molecule has 132 valence electrons. The number of amides is 1. The molecule has 1 amide bonds. The van der Waals surface area contributed by atoms with Gasteiger partial charge in [-0.05, 0) is 31.5 Å². The summed E-state index contributed by atoms with van der Waals surface area (Å²) in [6.45, 7) is 4.10. The third kappa shape index (κ3) is 3.72. The average molecular weight is 345 g/mol. The molecule has 0 radical (unpaired) electrons. The van der Waals surface area contributed by atoms with E-state index in [9.17, 15) is 9.18 Å². The smallest absolute Gasteiger partial charge is 0.267 e. The molecule has 0 saturated carbocycles. The first-order chi connectivity index (χ1) is 12.0. The van der Waals surface area contributed by atoms with Crippen LogP contribution in [0.1, 0.15) is 25.5 Å². The molecule has 2 heterocycles. The van der Waals surface area contributed by atoms with Crippen LogP contribution >= 0.6 is 0 Å². The third-order valence-electron chi connectivity index (χ3n) is 4.23. The van der Waals surface area contributed by atoms with E-state index in [1.54, 1.807) is 32.2 Å². The zero-order valence-electron chi connectivity index (χ0n) is 14.0. The van der Waals surface area contributed by atoms with Gasteiger partial charge in [-0.1, -0.05) is 12.1 Å². The lowest BCUT2D eigenvalue weighted by atomic mass is 9.96. The van der Waals surface area contributed by atoms with E-state index in [2.05, 4.69) is 31.5 Å². The van der Waals surface area contributed by atoms with Crippen molar-refractivity contribution in [2.75, 3.05) is 6.54 Å². The Bertz CT molecular complexity index is 742. The molecule has 1 aromatic carbocycles. The van der Waals surface area contributed by atoms with E-state index in [4.69, 9.17) is 0 Å². The monoisotopic (exact) mass is 345 g/mol. The normalized spacial score (nSPS) is 20.9. The van der Waals surface area contributed by atoms with Crippen LogP contribution in [0.2, 0.25) is 0 Å². The summed E-state index contributed by atoms with van der Waals surface area (Å²) in [5, 5.41) is 8.08. The lowest BCUT2D eigenvalue weighted by molar-refractivity contribution is -0.128. The van der Waals surface area contributed by atoms with Gasteiger partial charge in [-0.3, -0.25) is 10.2 Å². The summed E-state index contributed by atoms with van der Waals surface area (Å²) in [6, 6.07) is 6.25. The summed E-state index contributed by atoms with van der Waals surface area (Å²) in [5.74, 6) is -0.561. The van der Waals surface area contributed by atoms with Gasteiger partial charge >= 0.3 is 0 Å². The molecule has 8 nitrogen and oxygen atoms in total. The van der Waals surface area contributed by atoms with Crippen LogP contribution in [0.15, 0.2) is 42.0 Å². The first-order valence-electron chi connectivity index (χ1n) is 7.91. The summed E-state index contributed by atoms with van der Waals surface area (Å²) in [4.78, 5) is 16.2. The summed E-state index contributed by atoms with van der Waals surface area (Å²) < 4.78 is 14.5. The van der Waals surface area contributed by atoms with Gasteiger partial charge in [-0.25, -0.2) is 24.9 Å². The number of carbonyl (C=O) groups is 1. The van der Waals surface area contributed by atoms with Gasteiger partial charge in [0.15, 0.2) is 0 Å². The summed E-state index contributed by atoms with van der Waals surface area (Å²) in [6.07, 6.45) is 4.54. The fourth-order valence-corrected chi connectivity index (χ4v) is 2.58. The maximum atomic E-state index is 13.1. The zero-order chi connectivity index (χ0) is 17.9. The minimum atomic E-state index is -0.906. The van der Waals surface area contributed by atoms with Crippen molar-refractivity contribution in [3.63, 3.8) is 0 Å². The quantitative estimate of drug-likeness (QED) is 0.548. The van der Waals surface area contributed by atoms with Gasteiger partial charge in [-0.2, -0.15) is 10.2 Å². The number of hydrogen-bond donors (Lipinski definition) is 3. The first-order valence-corrected chi connectivity index (χ1v) is 7.91. The Morgan fingerprint density at radius 1 is 1.44 bits per heavy atom. The zero-order valence-corrected chi connectivity index (χ0v) is 14.0. The van der Waals surface area contributed by atoms with E-state index in [0.29, 0.717) is 6.54 Å². The van der Waals surface area contributed by atoms with Crippen LogP contribution < -0.4 is 16.3 Å². The largest absolute Gasteiger partial charge is 0.270 e. The van der Waals surface area contributed by atoms with E-state index < -0.39 is 5.54 Å². The maximum Gasteiger partial charge on any atom is 0.267 e. The van der Waals surface area contributed by atoms with Gasteiger partial charge in [0.2, 0.25) is 0 Å². The van der Waals surface area contributed by atoms with Crippen LogP contribution in [0.3, 0.4) is 0 Å². The summed E-state index contributed by atoms with van der Waals surface area (Å²) in [7, 11) is 0. The Hall–Kier alpha value is -2.65. The fourth-order valence-electron chi connectivity index (χ4n) is 2.58. The molecule has 3 rings (SSSR count). The number of nitrogens with one attached hydrogen (secondary N) is 3. The molecule has 0 bridgehead atoms. The molecule has 1 aliphatic heterocycles. The van der Waals surface area contributed by atoms with E-state index in [1.807, 2.05) is 0 Å². The number of rotatable bonds is 5. The lowest BCUT2D eigenvalue weighted by Gasteiger charge is -2.22. The van der Waals surface area contributed by atoms with Gasteiger partial charge < -0.3 is 0 Å². The van der Waals surface area contributed by atoms with Crippen LogP contribution in [0.5, 0.6) is 0 Å². The highest BCUT2D eigenvalue weighted by atomic mass is 19.1. The van der Waals surface area contributed by atoms with E-state index in [1.165, 1.54) is 29.5 Å². The van der Waals surface area contributed by atoms with Crippen LogP contribution in [0.4, 0.5) is 4.39 Å². The molecule has 2 aromatic rings. The van der Waals surface area contributed by atoms with Crippen molar-refractivity contribution in [3.05, 3.63) is 48.3 Å². The SMILES string of the molecule is CC(C)(C(=O)N/N=C/C1CNNC1c1ccc(F)cc1)n1cncn1. The fraction of sp³-hybridized carbons (Fsp3) is 0.375. The number of hydrazine groups is 1. The highest BCUT2D eigenvalue weighted by molar-refractivity contribution is 5.84. The van der Waals surface area contributed by atoms with Crippen molar-refractivity contribution in [2.45, 2.75) is 25.4 Å². The molecule has 1 aromatic heterocycles. The summed E-state index contributed by atoms with van der Waals surface area (Å²) in [5.41, 5.74) is 8.77. The van der Waals surface area contributed by atoms with Crippen LogP contribution in [0.25, 0.3) is 0 Å². The Morgan fingerprint density at radius 2 is 2.20 bits per heavy atom. The van der Waals surface area contributed by atoms with Gasteiger partial charge in [0, 0.05) is 18.7 Å². The van der Waals surface area contributed by atoms with E-state index >= 15 is 0 Å². The molecule has 2 unspecified atom stereocenters. The third-order valence-corrected chi connectivity index (χ3v) is 4.23. The number of hydrogen-bond acceptors (Lipinski definition) is 6. The number of aromatic nitrogens is 3. The molecular formula is C16H20FN7O. The van der Waals surface area contributed by atoms with Gasteiger partial charge in [-0.15, -0.1) is 0 Å². The number of hydrazone groups is 1. The molecule has 1 aliphatic rings. The van der Waals surface area contributed by atoms with Crippen LogP contribution in [0, 0.1) is 11.7 Å². The molecule has 1 fully saturated rings. The number of nitrogens with zero attached hydrogens (tertiary/aromatic N) is 4. The predicted molar refractivity (Wildman–Crippen MR) is 89.7 cm³/mol. The van der Waals surface area contributed by atoms with Crippen molar-refractivity contribution in [3.8, 4) is 0 Å². The second kappa shape index (κ2) is 7.08. The van der Waals surface area contributed by atoms with Crippen molar-refractivity contribution in [1.29, 1.82) is 0 Å². The Labute approximate surface area is 144 Å². The maximum absolute atomic E-state index is 13.1. The van der Waals surface area contributed by atoms with Crippen molar-refractivity contribution in [2.24, 2.45) is 11.0 Å². The molecule has 1 saturated heterocycles. The molecule has 9 heteroatoms. The van der Waals surface area contributed by atoms with E-state index in [-0.39, 0.29) is 23.7 Å². The minimum absolute atomic E-state index is 0.0141. The van der Waals surface area contributed by atoms with Gasteiger partial charge in [0.05, 0.1) is 6.04 Å². The Kier molecular flexibility index (Phi) is 4.86. The highest BCUT2D eigenvalue weighted by Gasteiger charge is 2.31. The summed E-state index contributed by atoms with van der Waals surface area (Å²) >= 11 is 0. The standard InChI is InChI=1S/C16H20FN7O/c1-16(2,24-10-18-9-21-24)15(25)23-20-8-12-7-19-22-14(12)11-3-5-13(17)6-4-11/h3-6,8-10,12,14,19,22H,7H2,1-2H3,(H,23,25)/b20-8+. The molecule has 3 N–H and O–H groups in total. The van der Waals surface area contributed by atoms with Crippen LogP contribution in [-0.2, 0) is 10.3 Å². The second-order valence-corrected chi connectivity index (χ2v) is 6.34. The topological polar surface area (TPSA) is 96.2 Å². The van der Waals surface area contributed by atoms with Crippen molar-refractivity contribution < 1.29 is 9.18 Å². The lowest BCUT2D eigenvalue weighted by Crippen LogP contribution is -2.43. The Balaban J connectivity index is 1.63. The van der Waals surface area contributed by atoms with Crippen molar-refractivity contribution >= 4 is 12.1 Å². The molecule has 2 atom stereocenters. The number of carbonyl (C=O) groups excluding carboxylic acids is 1. The first kappa shape index (κ1) is 17.2. The van der Waals surface area contributed by atoms with Crippen LogP contribution in [-0.4, -0.2) is 33.4 Å². The number of benzene rings is 1. The van der Waals surface area contributed by atoms with E-state index in [0.717, 1.165) is 5.56 Å². The Morgan fingerprint density at radius 3 is 2.88 bits per heavy atom. The highest BCUT2D eigenvalue weighted by Crippen LogP contribution is 2.23. The molecule has 0 spiro atoms. The minimum Gasteiger partial charge on any atom is -0.270 e. The average Bonchev–Trinajstić information content (AvgIpc) is 3.27. The second-order valence-electron chi connectivity index (χ2n) is 6.34. The van der Waals surface area contributed by atoms with Gasteiger partial charge in [0.1, 0.15) is 24.0 Å². The number of halogens is 1. The van der Waals surface area contributed by atoms with Crippen molar-refractivity contribution in [1.82, 2.24) is 31.0 Å². The predicted octanol–water partition coefficient (Wildman–Crippen LogP) is 0.720. The molecule has 25 heavy (non-hydrogen) atoms.